The lowest BCUT2D eigenvalue weighted by atomic mass is 10.1. The molecular weight excluding hydrogens is 354 g/mol. The number of carbonyl (C=O) groups is 1. The third kappa shape index (κ3) is 4.11. The van der Waals surface area contributed by atoms with E-state index in [1.165, 1.54) is 11.8 Å². The van der Waals surface area contributed by atoms with Crippen molar-refractivity contribution in [2.45, 2.75) is 18.8 Å². The van der Waals surface area contributed by atoms with Gasteiger partial charge in [0.15, 0.2) is 17.1 Å². The first-order chi connectivity index (χ1) is 12.6. The smallest absolute Gasteiger partial charge is 0.316 e. The van der Waals surface area contributed by atoms with Gasteiger partial charge < -0.3 is 18.6 Å². The summed E-state index contributed by atoms with van der Waals surface area (Å²) in [5, 5.41) is 0.449. The zero-order valence-corrected chi connectivity index (χ0v) is 15.6. The summed E-state index contributed by atoms with van der Waals surface area (Å²) >= 11 is 1.21. The van der Waals surface area contributed by atoms with Crippen molar-refractivity contribution in [3.63, 3.8) is 0 Å². The molecule has 26 heavy (non-hydrogen) atoms. The van der Waals surface area contributed by atoms with E-state index in [-0.39, 0.29) is 18.3 Å². The van der Waals surface area contributed by atoms with Gasteiger partial charge in [-0.15, -0.1) is 0 Å². The maximum absolute atomic E-state index is 12.0. The van der Waals surface area contributed by atoms with Crippen LogP contribution in [0.5, 0.6) is 11.5 Å². The molecule has 7 heteroatoms. The number of nitrogens with zero attached hydrogens (tertiary/aromatic N) is 1. The van der Waals surface area contributed by atoms with Crippen molar-refractivity contribution in [3.8, 4) is 11.5 Å². The van der Waals surface area contributed by atoms with Gasteiger partial charge in [-0.05, 0) is 42.3 Å². The van der Waals surface area contributed by atoms with Gasteiger partial charge in [0.05, 0.1) is 14.2 Å². The standard InChI is InChI=1S/C19H19NO5S/c1-12-8-16(22-2)17(23-3)9-13(12)10-24-18(21)11-26-19-20-14-6-4-5-7-15(14)25-19/h4-9H,10-11H2,1-3H3. The van der Waals surface area contributed by atoms with E-state index in [1.54, 1.807) is 14.2 Å². The maximum Gasteiger partial charge on any atom is 0.316 e. The molecule has 0 aliphatic carbocycles. The molecule has 0 fully saturated rings. The number of methoxy groups -OCH3 is 2. The average Bonchev–Trinajstić information content (AvgIpc) is 3.08. The minimum atomic E-state index is -0.341. The highest BCUT2D eigenvalue weighted by molar-refractivity contribution is 7.99. The number of esters is 1. The highest BCUT2D eigenvalue weighted by Gasteiger charge is 2.13. The predicted molar refractivity (Wildman–Crippen MR) is 98.8 cm³/mol. The monoisotopic (exact) mass is 373 g/mol. The van der Waals surface area contributed by atoms with Gasteiger partial charge in [0.25, 0.3) is 5.22 Å². The van der Waals surface area contributed by atoms with E-state index in [9.17, 15) is 4.79 Å². The summed E-state index contributed by atoms with van der Waals surface area (Å²) in [6, 6.07) is 11.1. The minimum Gasteiger partial charge on any atom is -0.493 e. The number of hydrogen-bond acceptors (Lipinski definition) is 7. The van der Waals surface area contributed by atoms with Crippen LogP contribution in [0.1, 0.15) is 11.1 Å². The zero-order valence-electron chi connectivity index (χ0n) is 14.8. The Kier molecular flexibility index (Phi) is 5.68. The van der Waals surface area contributed by atoms with Crippen molar-refractivity contribution in [1.82, 2.24) is 4.98 Å². The number of thioether (sulfide) groups is 1. The summed E-state index contributed by atoms with van der Waals surface area (Å²) in [5.41, 5.74) is 3.29. The fourth-order valence-corrected chi connectivity index (χ4v) is 3.05. The van der Waals surface area contributed by atoms with Crippen LogP contribution in [0.2, 0.25) is 0 Å². The first kappa shape index (κ1) is 18.1. The Morgan fingerprint density at radius 1 is 1.15 bits per heavy atom. The molecular formula is C19H19NO5S. The number of aromatic nitrogens is 1. The van der Waals surface area contributed by atoms with Crippen LogP contribution < -0.4 is 9.47 Å². The fraction of sp³-hybridized carbons (Fsp3) is 0.263. The molecule has 0 saturated carbocycles. The number of carbonyl (C=O) groups excluding carboxylic acids is 1. The van der Waals surface area contributed by atoms with Crippen molar-refractivity contribution in [2.75, 3.05) is 20.0 Å². The first-order valence-corrected chi connectivity index (χ1v) is 8.94. The molecule has 0 aliphatic heterocycles. The van der Waals surface area contributed by atoms with E-state index >= 15 is 0 Å². The topological polar surface area (TPSA) is 70.8 Å². The van der Waals surface area contributed by atoms with Gasteiger partial charge in [-0.3, -0.25) is 4.79 Å². The van der Waals surface area contributed by atoms with E-state index in [0.29, 0.717) is 22.3 Å². The van der Waals surface area contributed by atoms with Crippen LogP contribution in [0, 0.1) is 6.92 Å². The molecule has 1 heterocycles. The summed E-state index contributed by atoms with van der Waals surface area (Å²) in [6.07, 6.45) is 0. The van der Waals surface area contributed by atoms with E-state index in [2.05, 4.69) is 4.98 Å². The Morgan fingerprint density at radius 3 is 2.62 bits per heavy atom. The molecule has 3 aromatic rings. The quantitative estimate of drug-likeness (QED) is 0.458. The number of para-hydroxylation sites is 2. The second kappa shape index (κ2) is 8.14. The molecule has 136 valence electrons. The molecule has 1 aromatic heterocycles. The molecule has 0 aliphatic rings. The van der Waals surface area contributed by atoms with Crippen LogP contribution in [-0.2, 0) is 16.1 Å². The number of oxazole rings is 1. The minimum absolute atomic E-state index is 0.124. The highest BCUT2D eigenvalue weighted by atomic mass is 32.2. The number of aryl methyl sites for hydroxylation is 1. The summed E-state index contributed by atoms with van der Waals surface area (Å²) in [7, 11) is 3.15. The fourth-order valence-electron chi connectivity index (χ4n) is 2.41. The van der Waals surface area contributed by atoms with Crippen LogP contribution in [0.25, 0.3) is 11.1 Å². The Labute approximate surface area is 155 Å². The van der Waals surface area contributed by atoms with Crippen molar-refractivity contribution in [3.05, 3.63) is 47.5 Å². The molecule has 0 saturated heterocycles. The summed E-state index contributed by atoms with van der Waals surface area (Å²) < 4.78 is 21.5. The Bertz CT molecular complexity index is 888. The van der Waals surface area contributed by atoms with Gasteiger partial charge in [-0.1, -0.05) is 23.9 Å². The van der Waals surface area contributed by atoms with Crippen LogP contribution >= 0.6 is 11.8 Å². The largest absolute Gasteiger partial charge is 0.493 e. The Morgan fingerprint density at radius 2 is 1.88 bits per heavy atom. The van der Waals surface area contributed by atoms with Gasteiger partial charge in [0.2, 0.25) is 0 Å². The van der Waals surface area contributed by atoms with Crippen LogP contribution in [0.15, 0.2) is 46.0 Å². The number of rotatable bonds is 7. The third-order valence-corrected chi connectivity index (χ3v) is 4.62. The van der Waals surface area contributed by atoms with E-state index in [4.69, 9.17) is 18.6 Å². The third-order valence-electron chi connectivity index (χ3n) is 3.82. The van der Waals surface area contributed by atoms with E-state index in [1.807, 2.05) is 43.3 Å². The molecule has 3 rings (SSSR count). The van der Waals surface area contributed by atoms with Crippen molar-refractivity contribution >= 4 is 28.8 Å². The van der Waals surface area contributed by atoms with Gasteiger partial charge in [-0.2, -0.15) is 0 Å². The summed E-state index contributed by atoms with van der Waals surface area (Å²) in [4.78, 5) is 16.3. The van der Waals surface area contributed by atoms with Crippen molar-refractivity contribution < 1.29 is 23.4 Å². The summed E-state index contributed by atoms with van der Waals surface area (Å²) in [5.74, 6) is 1.03. The number of fused-ring (bicyclic) bond motifs is 1. The van der Waals surface area contributed by atoms with Gasteiger partial charge in [0.1, 0.15) is 17.9 Å². The molecule has 0 bridgehead atoms. The molecule has 0 unspecified atom stereocenters. The molecule has 0 N–H and O–H groups in total. The zero-order chi connectivity index (χ0) is 18.5. The van der Waals surface area contributed by atoms with Gasteiger partial charge in [0, 0.05) is 0 Å². The lowest BCUT2D eigenvalue weighted by Gasteiger charge is -2.13. The lowest BCUT2D eigenvalue weighted by molar-refractivity contribution is -0.141. The van der Waals surface area contributed by atoms with Crippen LogP contribution in [0.3, 0.4) is 0 Å². The second-order valence-electron chi connectivity index (χ2n) is 5.53. The predicted octanol–water partition coefficient (Wildman–Crippen LogP) is 3.99. The van der Waals surface area contributed by atoms with Crippen molar-refractivity contribution in [2.24, 2.45) is 0 Å². The van der Waals surface area contributed by atoms with Crippen LogP contribution in [0.4, 0.5) is 0 Å². The molecule has 0 spiro atoms. The molecule has 6 nitrogen and oxygen atoms in total. The molecule has 0 atom stereocenters. The second-order valence-corrected chi connectivity index (χ2v) is 6.46. The lowest BCUT2D eigenvalue weighted by Crippen LogP contribution is -2.08. The Balaban J connectivity index is 1.57. The number of ether oxygens (including phenoxy) is 3. The molecule has 0 amide bonds. The maximum atomic E-state index is 12.0. The summed E-state index contributed by atoms with van der Waals surface area (Å²) in [6.45, 7) is 2.09. The van der Waals surface area contributed by atoms with Crippen molar-refractivity contribution in [1.29, 1.82) is 0 Å². The Hall–Kier alpha value is -2.67. The SMILES string of the molecule is COc1cc(C)c(COC(=O)CSc2nc3ccccc3o2)cc1OC. The van der Waals surface area contributed by atoms with Gasteiger partial charge in [-0.25, -0.2) is 4.98 Å². The normalized spacial score (nSPS) is 10.7. The first-order valence-electron chi connectivity index (χ1n) is 7.96. The molecule has 0 radical (unpaired) electrons. The van der Waals surface area contributed by atoms with Crippen LogP contribution in [-0.4, -0.2) is 30.9 Å². The molecule has 2 aromatic carbocycles. The highest BCUT2D eigenvalue weighted by Crippen LogP contribution is 2.30. The van der Waals surface area contributed by atoms with Gasteiger partial charge >= 0.3 is 5.97 Å². The number of hydrogen-bond donors (Lipinski definition) is 0. The average molecular weight is 373 g/mol. The van der Waals surface area contributed by atoms with E-state index < -0.39 is 0 Å². The van der Waals surface area contributed by atoms with E-state index in [0.717, 1.165) is 16.6 Å². The number of benzene rings is 2.